The van der Waals surface area contributed by atoms with Gasteiger partial charge in [-0.05, 0) is 24.6 Å². The summed E-state index contributed by atoms with van der Waals surface area (Å²) in [4.78, 5) is 39.6. The zero-order valence-corrected chi connectivity index (χ0v) is 14.9. The van der Waals surface area contributed by atoms with Gasteiger partial charge in [0.2, 0.25) is 11.8 Å². The van der Waals surface area contributed by atoms with Crippen molar-refractivity contribution < 1.29 is 19.1 Å². The maximum Gasteiger partial charge on any atom is 0.251 e. The average Bonchev–Trinajstić information content (AvgIpc) is 2.64. The first-order chi connectivity index (χ1) is 12.0. The maximum absolute atomic E-state index is 12.3. The van der Waals surface area contributed by atoms with Crippen molar-refractivity contribution in [2.45, 2.75) is 19.9 Å². The van der Waals surface area contributed by atoms with Crippen LogP contribution in [0.3, 0.4) is 0 Å². The lowest BCUT2D eigenvalue weighted by Crippen LogP contribution is -2.52. The lowest BCUT2D eigenvalue weighted by Gasteiger charge is -2.41. The topological polar surface area (TPSA) is 79.0 Å². The molecule has 1 N–H and O–H groups in total. The van der Waals surface area contributed by atoms with E-state index in [4.69, 9.17) is 4.74 Å². The highest BCUT2D eigenvalue weighted by molar-refractivity contribution is 5.94. The molecule has 0 bridgehead atoms. The molecule has 136 valence electrons. The van der Waals surface area contributed by atoms with Gasteiger partial charge in [0.05, 0.1) is 6.04 Å². The lowest BCUT2D eigenvalue weighted by molar-refractivity contribution is -0.144. The van der Waals surface area contributed by atoms with Crippen LogP contribution in [0.25, 0.3) is 0 Å². The van der Waals surface area contributed by atoms with Crippen LogP contribution in [-0.2, 0) is 14.3 Å². The van der Waals surface area contributed by atoms with Crippen LogP contribution < -0.4 is 5.32 Å². The van der Waals surface area contributed by atoms with Crippen molar-refractivity contribution in [1.29, 1.82) is 0 Å². The molecule has 1 aliphatic heterocycles. The first-order valence-electron chi connectivity index (χ1n) is 8.42. The molecule has 0 unspecified atom stereocenters. The smallest absolute Gasteiger partial charge is 0.251 e. The maximum atomic E-state index is 12.3. The van der Waals surface area contributed by atoms with Crippen LogP contribution in [0, 0.1) is 0 Å². The van der Waals surface area contributed by atoms with Gasteiger partial charge < -0.3 is 19.9 Å². The summed E-state index contributed by atoms with van der Waals surface area (Å²) in [6, 6.07) is 6.89. The summed E-state index contributed by atoms with van der Waals surface area (Å²) in [6.45, 7) is 5.22. The predicted octanol–water partition coefficient (Wildman–Crippen LogP) is 0.814. The van der Waals surface area contributed by atoms with Crippen LogP contribution in [-0.4, -0.2) is 67.4 Å². The van der Waals surface area contributed by atoms with E-state index in [1.165, 1.54) is 6.92 Å². The summed E-state index contributed by atoms with van der Waals surface area (Å²) in [5.74, 6) is -0.318. The Morgan fingerprint density at radius 3 is 2.68 bits per heavy atom. The second kappa shape index (κ2) is 8.62. The number of carbonyl (C=O) groups excluding carboxylic acids is 3. The Morgan fingerprint density at radius 1 is 1.28 bits per heavy atom. The molecule has 2 rings (SSSR count). The molecule has 1 heterocycles. The first kappa shape index (κ1) is 18.9. The monoisotopic (exact) mass is 347 g/mol. The van der Waals surface area contributed by atoms with Gasteiger partial charge in [0.25, 0.3) is 5.91 Å². The molecular weight excluding hydrogens is 322 g/mol. The van der Waals surface area contributed by atoms with E-state index >= 15 is 0 Å². The van der Waals surface area contributed by atoms with Crippen molar-refractivity contribution in [2.75, 3.05) is 39.9 Å². The van der Waals surface area contributed by atoms with Gasteiger partial charge in [0, 0.05) is 45.8 Å². The fourth-order valence-electron chi connectivity index (χ4n) is 2.98. The number of hydrogen-bond donors (Lipinski definition) is 1. The van der Waals surface area contributed by atoms with Gasteiger partial charge in [-0.2, -0.15) is 0 Å². The van der Waals surface area contributed by atoms with Gasteiger partial charge in [0.15, 0.2) is 0 Å². The molecule has 0 aromatic heterocycles. The number of rotatable bonds is 5. The number of nitrogens with zero attached hydrogens (tertiary/aromatic N) is 2. The summed E-state index contributed by atoms with van der Waals surface area (Å²) in [5, 5.41) is 2.60. The molecule has 0 saturated carbocycles. The molecular formula is C18H25N3O4. The Balaban J connectivity index is 2.25. The summed E-state index contributed by atoms with van der Waals surface area (Å²) >= 11 is 0. The molecule has 1 fully saturated rings. The molecule has 1 aromatic rings. The molecule has 1 saturated heterocycles. The molecule has 7 nitrogen and oxygen atoms in total. The van der Waals surface area contributed by atoms with E-state index in [1.807, 2.05) is 13.0 Å². The Bertz CT molecular complexity index is 647. The van der Waals surface area contributed by atoms with Crippen LogP contribution in [0.4, 0.5) is 0 Å². The number of benzene rings is 1. The standard InChI is InChI=1S/C18H25N3O4/c1-4-25-12-17(23)20-8-9-21(13(2)22)16(11-20)14-6-5-7-15(10-14)18(24)19-3/h5-7,10,16H,4,8-9,11-12H2,1-3H3,(H,19,24)/t16-/m1/s1. The lowest BCUT2D eigenvalue weighted by atomic mass is 9.99. The van der Waals surface area contributed by atoms with E-state index in [2.05, 4.69) is 5.32 Å². The van der Waals surface area contributed by atoms with E-state index in [-0.39, 0.29) is 30.4 Å². The minimum Gasteiger partial charge on any atom is -0.372 e. The van der Waals surface area contributed by atoms with E-state index in [9.17, 15) is 14.4 Å². The highest BCUT2D eigenvalue weighted by Gasteiger charge is 2.32. The largest absolute Gasteiger partial charge is 0.372 e. The summed E-state index contributed by atoms with van der Waals surface area (Å²) < 4.78 is 5.20. The number of hydrogen-bond acceptors (Lipinski definition) is 4. The van der Waals surface area contributed by atoms with Crippen LogP contribution in [0.15, 0.2) is 24.3 Å². The van der Waals surface area contributed by atoms with Crippen molar-refractivity contribution in [3.05, 3.63) is 35.4 Å². The van der Waals surface area contributed by atoms with Crippen molar-refractivity contribution in [3.8, 4) is 0 Å². The molecule has 0 radical (unpaired) electrons. The third-order valence-electron chi connectivity index (χ3n) is 4.33. The van der Waals surface area contributed by atoms with Crippen LogP contribution in [0.2, 0.25) is 0 Å². The second-order valence-electron chi connectivity index (χ2n) is 5.91. The highest BCUT2D eigenvalue weighted by Crippen LogP contribution is 2.26. The average molecular weight is 347 g/mol. The fraction of sp³-hybridized carbons (Fsp3) is 0.500. The van der Waals surface area contributed by atoms with E-state index in [1.54, 1.807) is 35.0 Å². The molecule has 1 atom stereocenters. The molecule has 25 heavy (non-hydrogen) atoms. The van der Waals surface area contributed by atoms with Crippen LogP contribution in [0.1, 0.15) is 35.8 Å². The number of ether oxygens (including phenoxy) is 1. The fourth-order valence-corrected chi connectivity index (χ4v) is 2.98. The van der Waals surface area contributed by atoms with Gasteiger partial charge >= 0.3 is 0 Å². The zero-order valence-electron chi connectivity index (χ0n) is 14.9. The van der Waals surface area contributed by atoms with Gasteiger partial charge in [-0.15, -0.1) is 0 Å². The second-order valence-corrected chi connectivity index (χ2v) is 5.91. The van der Waals surface area contributed by atoms with Gasteiger partial charge in [-0.25, -0.2) is 0 Å². The number of amides is 3. The molecule has 1 aromatic carbocycles. The molecule has 1 aliphatic rings. The Hall–Kier alpha value is -2.41. The summed E-state index contributed by atoms with van der Waals surface area (Å²) in [6.07, 6.45) is 0. The number of carbonyl (C=O) groups is 3. The molecule has 0 spiro atoms. The van der Waals surface area contributed by atoms with Gasteiger partial charge in [-0.3, -0.25) is 14.4 Å². The summed E-state index contributed by atoms with van der Waals surface area (Å²) in [5.41, 5.74) is 1.37. The van der Waals surface area contributed by atoms with Crippen LogP contribution in [0.5, 0.6) is 0 Å². The van der Waals surface area contributed by atoms with Crippen molar-refractivity contribution >= 4 is 17.7 Å². The normalized spacial score (nSPS) is 17.3. The summed E-state index contributed by atoms with van der Waals surface area (Å²) in [7, 11) is 1.58. The Morgan fingerprint density at radius 2 is 2.04 bits per heavy atom. The first-order valence-corrected chi connectivity index (χ1v) is 8.42. The molecule has 7 heteroatoms. The van der Waals surface area contributed by atoms with Crippen molar-refractivity contribution in [3.63, 3.8) is 0 Å². The van der Waals surface area contributed by atoms with Crippen molar-refractivity contribution in [2.24, 2.45) is 0 Å². The minimum atomic E-state index is -0.276. The van der Waals surface area contributed by atoms with Gasteiger partial charge in [-0.1, -0.05) is 12.1 Å². The van der Waals surface area contributed by atoms with Crippen molar-refractivity contribution in [1.82, 2.24) is 15.1 Å². The zero-order chi connectivity index (χ0) is 18.4. The number of nitrogens with one attached hydrogen (secondary N) is 1. The SMILES string of the molecule is CCOCC(=O)N1CCN(C(C)=O)[C@@H](c2cccc(C(=O)NC)c2)C1. The Labute approximate surface area is 147 Å². The molecule has 0 aliphatic carbocycles. The third-order valence-corrected chi connectivity index (χ3v) is 4.33. The Kier molecular flexibility index (Phi) is 6.52. The molecule has 3 amide bonds. The van der Waals surface area contributed by atoms with E-state index < -0.39 is 0 Å². The quantitative estimate of drug-likeness (QED) is 0.855. The highest BCUT2D eigenvalue weighted by atomic mass is 16.5. The number of piperazine rings is 1. The van der Waals surface area contributed by atoms with E-state index in [0.29, 0.717) is 31.8 Å². The third kappa shape index (κ3) is 4.57. The minimum absolute atomic E-state index is 0.0432. The van der Waals surface area contributed by atoms with E-state index in [0.717, 1.165) is 5.56 Å². The van der Waals surface area contributed by atoms with Gasteiger partial charge in [0.1, 0.15) is 6.61 Å². The van der Waals surface area contributed by atoms with Crippen LogP contribution >= 0.6 is 0 Å². The predicted molar refractivity (Wildman–Crippen MR) is 93.0 cm³/mol.